The fourth-order valence-corrected chi connectivity index (χ4v) is 3.15. The maximum atomic E-state index is 11.6. The molecule has 2 bridgehead atoms. The van der Waals surface area contributed by atoms with Gasteiger partial charge in [-0.3, -0.25) is 9.69 Å². The smallest absolute Gasteiger partial charge is 0.136 e. The first-order valence-corrected chi connectivity index (χ1v) is 7.16. The predicted molar refractivity (Wildman–Crippen MR) is 68.1 cm³/mol. The second-order valence-corrected chi connectivity index (χ2v) is 5.39. The Balaban J connectivity index is 1.74. The molecule has 0 aromatic heterocycles. The molecule has 0 radical (unpaired) electrons. The van der Waals surface area contributed by atoms with Crippen molar-refractivity contribution >= 4 is 5.78 Å². The molecule has 0 aliphatic carbocycles. The third-order valence-corrected chi connectivity index (χ3v) is 4.08. The van der Waals surface area contributed by atoms with Crippen LogP contribution in [0.15, 0.2) is 0 Å². The molecule has 0 aromatic rings. The van der Waals surface area contributed by atoms with E-state index in [0.29, 0.717) is 17.9 Å². The summed E-state index contributed by atoms with van der Waals surface area (Å²) < 4.78 is 5.64. The first kappa shape index (κ1) is 13.0. The number of carbonyl (C=O) groups excluding carboxylic acids is 1. The first-order chi connectivity index (χ1) is 8.31. The van der Waals surface area contributed by atoms with Gasteiger partial charge in [0.1, 0.15) is 5.78 Å². The fraction of sp³-hybridized carbons (Fsp3) is 0.929. The van der Waals surface area contributed by atoms with Crippen LogP contribution in [0.2, 0.25) is 0 Å². The van der Waals surface area contributed by atoms with Gasteiger partial charge in [-0.05, 0) is 19.3 Å². The van der Waals surface area contributed by atoms with Crippen molar-refractivity contribution in [3.05, 3.63) is 0 Å². The molecule has 98 valence electrons. The molecule has 0 amide bonds. The van der Waals surface area contributed by atoms with Gasteiger partial charge in [-0.15, -0.1) is 0 Å². The Morgan fingerprint density at radius 1 is 1.24 bits per heavy atom. The number of fused-ring (bicyclic) bond motifs is 2. The molecule has 2 unspecified atom stereocenters. The van der Waals surface area contributed by atoms with Crippen LogP contribution in [0.5, 0.6) is 0 Å². The first-order valence-electron chi connectivity index (χ1n) is 7.16. The molecule has 2 saturated heterocycles. The third kappa shape index (κ3) is 3.52. The van der Waals surface area contributed by atoms with Crippen molar-refractivity contribution in [2.24, 2.45) is 0 Å². The SMILES string of the molecule is CCCCOCCN1C2CCCC1CC(=O)C2. The zero-order valence-corrected chi connectivity index (χ0v) is 11.0. The number of nitrogens with zero attached hydrogens (tertiary/aromatic N) is 1. The van der Waals surface area contributed by atoms with Crippen LogP contribution in [0.25, 0.3) is 0 Å². The van der Waals surface area contributed by atoms with Crippen LogP contribution < -0.4 is 0 Å². The largest absolute Gasteiger partial charge is 0.380 e. The highest BCUT2D eigenvalue weighted by Crippen LogP contribution is 2.31. The normalized spacial score (nSPS) is 29.6. The van der Waals surface area contributed by atoms with Crippen LogP contribution in [0.1, 0.15) is 51.9 Å². The molecule has 2 atom stereocenters. The summed E-state index contributed by atoms with van der Waals surface area (Å²) in [6, 6.07) is 1.04. The highest BCUT2D eigenvalue weighted by atomic mass is 16.5. The minimum Gasteiger partial charge on any atom is -0.380 e. The number of carbonyl (C=O) groups is 1. The lowest BCUT2D eigenvalue weighted by atomic mass is 9.84. The van der Waals surface area contributed by atoms with Crippen LogP contribution in [0.3, 0.4) is 0 Å². The van der Waals surface area contributed by atoms with Crippen molar-refractivity contribution in [1.29, 1.82) is 0 Å². The van der Waals surface area contributed by atoms with Crippen LogP contribution in [0, 0.1) is 0 Å². The van der Waals surface area contributed by atoms with Crippen molar-refractivity contribution in [3.8, 4) is 0 Å². The average Bonchev–Trinajstić information content (AvgIpc) is 2.29. The summed E-state index contributed by atoms with van der Waals surface area (Å²) >= 11 is 0. The third-order valence-electron chi connectivity index (χ3n) is 4.08. The minimum atomic E-state index is 0.475. The van der Waals surface area contributed by atoms with E-state index in [4.69, 9.17) is 4.74 Å². The number of rotatable bonds is 6. The molecule has 2 rings (SSSR count). The zero-order valence-electron chi connectivity index (χ0n) is 11.0. The Hall–Kier alpha value is -0.410. The highest BCUT2D eigenvalue weighted by molar-refractivity contribution is 5.80. The molecule has 3 heteroatoms. The molecular formula is C14H25NO2. The summed E-state index contributed by atoms with van der Waals surface area (Å²) in [4.78, 5) is 14.1. The standard InChI is InChI=1S/C14H25NO2/c1-2-3-8-17-9-7-15-12-5-4-6-13(15)11-14(16)10-12/h12-13H,2-11H2,1H3. The van der Waals surface area contributed by atoms with E-state index in [0.717, 1.165) is 39.0 Å². The molecule has 2 aliphatic heterocycles. The van der Waals surface area contributed by atoms with Gasteiger partial charge >= 0.3 is 0 Å². The number of ether oxygens (including phenoxy) is 1. The van der Waals surface area contributed by atoms with Crippen molar-refractivity contribution in [2.75, 3.05) is 19.8 Å². The second-order valence-electron chi connectivity index (χ2n) is 5.39. The molecule has 2 heterocycles. The van der Waals surface area contributed by atoms with E-state index in [9.17, 15) is 4.79 Å². The van der Waals surface area contributed by atoms with Crippen molar-refractivity contribution in [2.45, 2.75) is 64.0 Å². The molecule has 2 aliphatic rings. The van der Waals surface area contributed by atoms with Gasteiger partial charge in [-0.1, -0.05) is 19.8 Å². The Morgan fingerprint density at radius 2 is 1.94 bits per heavy atom. The van der Waals surface area contributed by atoms with E-state index in [-0.39, 0.29) is 0 Å². The molecule has 0 saturated carbocycles. The van der Waals surface area contributed by atoms with Gasteiger partial charge in [0.2, 0.25) is 0 Å². The van der Waals surface area contributed by atoms with Gasteiger partial charge in [0, 0.05) is 38.1 Å². The number of Topliss-reactive ketones (excluding diaryl/α,β-unsaturated/α-hetero) is 1. The van der Waals surface area contributed by atoms with E-state index in [2.05, 4.69) is 11.8 Å². The van der Waals surface area contributed by atoms with Crippen molar-refractivity contribution in [3.63, 3.8) is 0 Å². The topological polar surface area (TPSA) is 29.5 Å². The second kappa shape index (κ2) is 6.50. The molecule has 0 spiro atoms. The number of hydrogen-bond donors (Lipinski definition) is 0. The van der Waals surface area contributed by atoms with Crippen LogP contribution in [-0.2, 0) is 9.53 Å². The van der Waals surface area contributed by atoms with Crippen molar-refractivity contribution in [1.82, 2.24) is 4.90 Å². The molecule has 3 nitrogen and oxygen atoms in total. The van der Waals surface area contributed by atoms with Crippen LogP contribution >= 0.6 is 0 Å². The number of hydrogen-bond acceptors (Lipinski definition) is 3. The van der Waals surface area contributed by atoms with Gasteiger partial charge in [-0.25, -0.2) is 0 Å². The van der Waals surface area contributed by atoms with E-state index in [1.54, 1.807) is 0 Å². The average molecular weight is 239 g/mol. The lowest BCUT2D eigenvalue weighted by Gasteiger charge is -2.45. The summed E-state index contributed by atoms with van der Waals surface area (Å²) in [5.74, 6) is 0.475. The van der Waals surface area contributed by atoms with Gasteiger partial charge in [-0.2, -0.15) is 0 Å². The predicted octanol–water partition coefficient (Wildman–Crippen LogP) is 2.39. The molecule has 0 aromatic carbocycles. The summed E-state index contributed by atoms with van der Waals surface area (Å²) in [6.45, 7) is 4.93. The number of unbranched alkanes of at least 4 members (excludes halogenated alkanes) is 1. The summed E-state index contributed by atoms with van der Waals surface area (Å²) in [7, 11) is 0. The van der Waals surface area contributed by atoms with Crippen molar-refractivity contribution < 1.29 is 9.53 Å². The van der Waals surface area contributed by atoms with Gasteiger partial charge in [0.15, 0.2) is 0 Å². The maximum absolute atomic E-state index is 11.6. The van der Waals surface area contributed by atoms with E-state index < -0.39 is 0 Å². The zero-order chi connectivity index (χ0) is 12.1. The number of piperidine rings is 2. The lowest BCUT2D eigenvalue weighted by Crippen LogP contribution is -2.53. The molecule has 0 N–H and O–H groups in total. The highest BCUT2D eigenvalue weighted by Gasteiger charge is 2.36. The van der Waals surface area contributed by atoms with Crippen LogP contribution in [-0.4, -0.2) is 42.5 Å². The summed E-state index contributed by atoms with van der Waals surface area (Å²) in [5.41, 5.74) is 0. The Bertz CT molecular complexity index is 239. The van der Waals surface area contributed by atoms with Gasteiger partial charge in [0.25, 0.3) is 0 Å². The minimum absolute atomic E-state index is 0.475. The van der Waals surface area contributed by atoms with E-state index >= 15 is 0 Å². The monoisotopic (exact) mass is 239 g/mol. The number of ketones is 1. The summed E-state index contributed by atoms with van der Waals surface area (Å²) in [6.07, 6.45) is 7.63. The van der Waals surface area contributed by atoms with E-state index in [1.807, 2.05) is 0 Å². The Morgan fingerprint density at radius 3 is 2.59 bits per heavy atom. The Labute approximate surface area is 105 Å². The van der Waals surface area contributed by atoms with Gasteiger partial charge in [0.05, 0.1) is 6.61 Å². The molecule has 2 fully saturated rings. The maximum Gasteiger partial charge on any atom is 0.136 e. The van der Waals surface area contributed by atoms with E-state index in [1.165, 1.54) is 25.7 Å². The summed E-state index contributed by atoms with van der Waals surface area (Å²) in [5, 5.41) is 0. The van der Waals surface area contributed by atoms with Crippen LogP contribution in [0.4, 0.5) is 0 Å². The lowest BCUT2D eigenvalue weighted by molar-refractivity contribution is -0.127. The molecule has 17 heavy (non-hydrogen) atoms. The Kier molecular flexibility index (Phi) is 4.99. The fourth-order valence-electron chi connectivity index (χ4n) is 3.15. The van der Waals surface area contributed by atoms with Gasteiger partial charge < -0.3 is 4.74 Å². The quantitative estimate of drug-likeness (QED) is 0.667. The molecular weight excluding hydrogens is 214 g/mol.